The Morgan fingerprint density at radius 3 is 2.87 bits per heavy atom. The molecule has 3 amide bonds. The van der Waals surface area contributed by atoms with Crippen LogP contribution in [0.15, 0.2) is 17.5 Å². The van der Waals surface area contributed by atoms with Crippen molar-refractivity contribution < 1.29 is 14.3 Å². The van der Waals surface area contributed by atoms with Gasteiger partial charge in [0.25, 0.3) is 0 Å². The van der Waals surface area contributed by atoms with Crippen LogP contribution in [0.25, 0.3) is 0 Å². The van der Waals surface area contributed by atoms with Crippen molar-refractivity contribution >= 4 is 23.5 Å². The maximum atomic E-state index is 12.5. The average molecular weight is 337 g/mol. The number of thiophene rings is 1. The average Bonchev–Trinajstić information content (AvgIpc) is 3.18. The van der Waals surface area contributed by atoms with Crippen molar-refractivity contribution in [2.75, 3.05) is 19.6 Å². The molecule has 0 aliphatic carbocycles. The number of piperidine rings is 1. The molecule has 2 aliphatic rings. The van der Waals surface area contributed by atoms with Crippen molar-refractivity contribution in [3.05, 3.63) is 22.4 Å². The van der Waals surface area contributed by atoms with E-state index >= 15 is 0 Å². The van der Waals surface area contributed by atoms with Crippen LogP contribution in [0.2, 0.25) is 0 Å². The summed E-state index contributed by atoms with van der Waals surface area (Å²) in [5.41, 5.74) is -0.412. The molecule has 2 fully saturated rings. The number of carbonyl (C=O) groups is 2. The molecule has 126 valence electrons. The molecule has 0 bridgehead atoms. The van der Waals surface area contributed by atoms with Gasteiger partial charge < -0.3 is 20.3 Å². The van der Waals surface area contributed by atoms with E-state index in [-0.39, 0.29) is 18.2 Å². The Morgan fingerprint density at radius 1 is 1.52 bits per heavy atom. The van der Waals surface area contributed by atoms with Gasteiger partial charge in [0, 0.05) is 30.8 Å². The lowest BCUT2D eigenvalue weighted by Crippen LogP contribution is -2.51. The van der Waals surface area contributed by atoms with Crippen molar-refractivity contribution in [2.24, 2.45) is 0 Å². The van der Waals surface area contributed by atoms with Crippen molar-refractivity contribution in [3.63, 3.8) is 0 Å². The molecule has 0 saturated carbocycles. The standard InChI is InChI=1S/C16H23N3O3S/c1-2-4-12(13-5-3-10-23-13)18-14(20)19-8-6-16(7-9-19)11-17-15(21)22-16/h3,5,10,12H,2,4,6-9,11H2,1H3,(H,17,21)(H,18,20). The lowest BCUT2D eigenvalue weighted by atomic mass is 9.92. The largest absolute Gasteiger partial charge is 0.441 e. The van der Waals surface area contributed by atoms with Crippen LogP contribution in [0.3, 0.4) is 0 Å². The van der Waals surface area contributed by atoms with Crippen LogP contribution in [0.4, 0.5) is 9.59 Å². The molecule has 7 heteroatoms. The minimum absolute atomic E-state index is 0.0241. The first kappa shape index (κ1) is 16.1. The van der Waals surface area contributed by atoms with Crippen molar-refractivity contribution in [3.8, 4) is 0 Å². The van der Waals surface area contributed by atoms with E-state index in [0.717, 1.165) is 12.8 Å². The first-order valence-electron chi connectivity index (χ1n) is 8.17. The van der Waals surface area contributed by atoms with Crippen LogP contribution in [0, 0.1) is 0 Å². The quantitative estimate of drug-likeness (QED) is 0.887. The number of carbonyl (C=O) groups excluding carboxylic acids is 2. The molecule has 23 heavy (non-hydrogen) atoms. The Hall–Kier alpha value is -1.76. The van der Waals surface area contributed by atoms with Crippen LogP contribution in [-0.4, -0.2) is 42.3 Å². The van der Waals surface area contributed by atoms with Gasteiger partial charge in [-0.1, -0.05) is 19.4 Å². The molecule has 1 unspecified atom stereocenters. The lowest BCUT2D eigenvalue weighted by molar-refractivity contribution is 0.00952. The second-order valence-corrected chi connectivity index (χ2v) is 7.20. The summed E-state index contributed by atoms with van der Waals surface area (Å²) in [5, 5.41) is 7.90. The monoisotopic (exact) mass is 337 g/mol. The van der Waals surface area contributed by atoms with Crippen LogP contribution in [-0.2, 0) is 4.74 Å². The molecule has 2 N–H and O–H groups in total. The molecule has 2 aliphatic heterocycles. The van der Waals surface area contributed by atoms with E-state index in [1.807, 2.05) is 16.3 Å². The van der Waals surface area contributed by atoms with Crippen LogP contribution in [0.5, 0.6) is 0 Å². The summed E-state index contributed by atoms with van der Waals surface area (Å²) in [6, 6.07) is 4.14. The molecule has 2 saturated heterocycles. The number of ether oxygens (including phenoxy) is 1. The number of hydrogen-bond donors (Lipinski definition) is 2. The molecule has 3 rings (SSSR count). The van der Waals surface area contributed by atoms with Crippen molar-refractivity contribution in [2.45, 2.75) is 44.2 Å². The SMILES string of the molecule is CCCC(NC(=O)N1CCC2(CC1)CNC(=O)O2)c1cccs1. The number of likely N-dealkylation sites (tertiary alicyclic amines) is 1. The van der Waals surface area contributed by atoms with E-state index in [2.05, 4.69) is 23.6 Å². The first-order valence-corrected chi connectivity index (χ1v) is 9.05. The van der Waals surface area contributed by atoms with Crippen molar-refractivity contribution in [1.82, 2.24) is 15.5 Å². The van der Waals surface area contributed by atoms with Gasteiger partial charge in [-0.15, -0.1) is 11.3 Å². The van der Waals surface area contributed by atoms with Gasteiger partial charge in [0.05, 0.1) is 12.6 Å². The summed E-state index contributed by atoms with van der Waals surface area (Å²) < 4.78 is 5.39. The molecule has 1 aromatic rings. The Labute approximate surface area is 140 Å². The Morgan fingerprint density at radius 2 is 2.30 bits per heavy atom. The summed E-state index contributed by atoms with van der Waals surface area (Å²) in [7, 11) is 0. The van der Waals surface area contributed by atoms with Crippen LogP contribution < -0.4 is 10.6 Å². The third-order valence-corrected chi connectivity index (χ3v) is 5.57. The van der Waals surface area contributed by atoms with Gasteiger partial charge in [-0.05, 0) is 17.9 Å². The zero-order valence-corrected chi connectivity index (χ0v) is 14.2. The minimum Gasteiger partial charge on any atom is -0.441 e. The maximum absolute atomic E-state index is 12.5. The molecular weight excluding hydrogens is 314 g/mol. The summed E-state index contributed by atoms with van der Waals surface area (Å²) in [6.07, 6.45) is 3.00. The van der Waals surface area contributed by atoms with Gasteiger partial charge in [0.2, 0.25) is 0 Å². The number of rotatable bonds is 4. The van der Waals surface area contributed by atoms with E-state index in [1.165, 1.54) is 4.88 Å². The van der Waals surface area contributed by atoms with E-state index in [0.29, 0.717) is 32.5 Å². The molecular formula is C16H23N3O3S. The highest BCUT2D eigenvalue weighted by molar-refractivity contribution is 7.10. The van der Waals surface area contributed by atoms with Crippen LogP contribution >= 0.6 is 11.3 Å². The van der Waals surface area contributed by atoms with Gasteiger partial charge in [-0.3, -0.25) is 0 Å². The second kappa shape index (κ2) is 6.78. The van der Waals surface area contributed by atoms with E-state index in [9.17, 15) is 9.59 Å². The molecule has 1 spiro atoms. The summed E-state index contributed by atoms with van der Waals surface area (Å²) >= 11 is 1.68. The Balaban J connectivity index is 1.55. The smallest absolute Gasteiger partial charge is 0.407 e. The van der Waals surface area contributed by atoms with E-state index in [4.69, 9.17) is 4.74 Å². The highest BCUT2D eigenvalue weighted by atomic mass is 32.1. The number of amides is 3. The van der Waals surface area contributed by atoms with Gasteiger partial charge >= 0.3 is 12.1 Å². The third-order valence-electron chi connectivity index (χ3n) is 4.59. The van der Waals surface area contributed by atoms with E-state index in [1.54, 1.807) is 11.3 Å². The number of nitrogens with one attached hydrogen (secondary N) is 2. The normalized spacial score (nSPS) is 20.9. The van der Waals surface area contributed by atoms with E-state index < -0.39 is 5.60 Å². The maximum Gasteiger partial charge on any atom is 0.407 e. The zero-order valence-electron chi connectivity index (χ0n) is 13.3. The zero-order chi connectivity index (χ0) is 16.3. The van der Waals surface area contributed by atoms with Gasteiger partial charge in [-0.2, -0.15) is 0 Å². The highest BCUT2D eigenvalue weighted by Crippen LogP contribution is 2.30. The first-order chi connectivity index (χ1) is 11.1. The molecule has 3 heterocycles. The topological polar surface area (TPSA) is 70.7 Å². The van der Waals surface area contributed by atoms with Gasteiger partial charge in [-0.25, -0.2) is 9.59 Å². The van der Waals surface area contributed by atoms with Gasteiger partial charge in [0.15, 0.2) is 0 Å². The number of urea groups is 1. The number of nitrogens with zero attached hydrogens (tertiary/aromatic N) is 1. The predicted octanol–water partition coefficient (Wildman–Crippen LogP) is 2.87. The number of alkyl carbamates (subject to hydrolysis) is 1. The predicted molar refractivity (Wildman–Crippen MR) is 88.5 cm³/mol. The Kier molecular flexibility index (Phi) is 4.75. The Bertz CT molecular complexity index is 553. The van der Waals surface area contributed by atoms with Crippen LogP contribution in [0.1, 0.15) is 43.5 Å². The molecule has 6 nitrogen and oxygen atoms in total. The van der Waals surface area contributed by atoms with Crippen molar-refractivity contribution in [1.29, 1.82) is 0 Å². The van der Waals surface area contributed by atoms with Gasteiger partial charge in [0.1, 0.15) is 5.60 Å². The molecule has 1 aromatic heterocycles. The third kappa shape index (κ3) is 3.60. The second-order valence-electron chi connectivity index (χ2n) is 6.22. The fourth-order valence-electron chi connectivity index (χ4n) is 3.20. The molecule has 1 atom stereocenters. The lowest BCUT2D eigenvalue weighted by Gasteiger charge is -2.37. The fraction of sp³-hybridized carbons (Fsp3) is 0.625. The summed E-state index contributed by atoms with van der Waals surface area (Å²) in [4.78, 5) is 26.8. The summed E-state index contributed by atoms with van der Waals surface area (Å²) in [5.74, 6) is 0. The highest BCUT2D eigenvalue weighted by Gasteiger charge is 2.43. The molecule has 0 radical (unpaired) electrons. The fourth-order valence-corrected chi connectivity index (χ4v) is 4.01. The minimum atomic E-state index is -0.412. The molecule has 0 aromatic carbocycles. The summed E-state index contributed by atoms with van der Waals surface area (Å²) in [6.45, 7) is 3.90. The number of hydrogen-bond acceptors (Lipinski definition) is 4.